The van der Waals surface area contributed by atoms with Gasteiger partial charge < -0.3 is 24.3 Å². The van der Waals surface area contributed by atoms with Gasteiger partial charge in [-0.05, 0) is 80.5 Å². The van der Waals surface area contributed by atoms with E-state index in [-0.39, 0.29) is 42.2 Å². The van der Waals surface area contributed by atoms with Crippen LogP contribution in [0.15, 0.2) is 53.5 Å². The zero-order valence-corrected chi connectivity index (χ0v) is 34.1. The molecule has 7 rings (SSSR count). The molecule has 13 nitrogen and oxygen atoms in total. The van der Waals surface area contributed by atoms with Gasteiger partial charge in [-0.3, -0.25) is 34.0 Å². The third-order valence-electron chi connectivity index (χ3n) is 12.0. The number of rotatable bonds is 16. The van der Waals surface area contributed by atoms with E-state index in [4.69, 9.17) is 4.98 Å². The number of nitrogens with zero attached hydrogens (tertiary/aromatic N) is 5. The Labute approximate surface area is 346 Å². The Morgan fingerprint density at radius 3 is 2.43 bits per heavy atom. The average molecular weight is 832 g/mol. The van der Waals surface area contributed by atoms with Crippen molar-refractivity contribution in [2.24, 2.45) is 7.05 Å². The molecular formula is C44H52F3N7O6. The van der Waals surface area contributed by atoms with Crippen LogP contribution in [0.3, 0.4) is 0 Å². The molecule has 2 fully saturated rings. The quantitative estimate of drug-likeness (QED) is 0.0954. The number of alkyl halides is 3. The van der Waals surface area contributed by atoms with Gasteiger partial charge in [0.1, 0.15) is 11.9 Å². The Balaban J connectivity index is 0.843. The minimum Gasteiger partial charge on any atom is -0.385 e. The average Bonchev–Trinajstić information content (AvgIpc) is 3.75. The van der Waals surface area contributed by atoms with Crippen LogP contribution < -0.4 is 16.2 Å². The molecule has 0 radical (unpaired) electrons. The summed E-state index contributed by atoms with van der Waals surface area (Å²) in [4.78, 5) is 70.9. The van der Waals surface area contributed by atoms with Gasteiger partial charge in [0, 0.05) is 87.1 Å². The third-order valence-corrected chi connectivity index (χ3v) is 12.0. The molecule has 1 atom stereocenters. The van der Waals surface area contributed by atoms with Crippen molar-refractivity contribution in [1.29, 1.82) is 0 Å². The van der Waals surface area contributed by atoms with Crippen molar-refractivity contribution in [1.82, 2.24) is 29.2 Å². The smallest absolute Gasteiger partial charge is 0.385 e. The number of carbonyl (C=O) groups is 4. The van der Waals surface area contributed by atoms with Crippen molar-refractivity contribution in [3.05, 3.63) is 81.5 Å². The summed E-state index contributed by atoms with van der Waals surface area (Å²) in [5.74, 6) is -0.156. The van der Waals surface area contributed by atoms with Gasteiger partial charge in [-0.25, -0.2) is 4.98 Å². The van der Waals surface area contributed by atoms with Gasteiger partial charge in [0.15, 0.2) is 0 Å². The minimum atomic E-state index is -4.75. The number of piperidine rings is 2. The first-order valence-electron chi connectivity index (χ1n) is 20.9. The molecule has 0 saturated carbocycles. The summed E-state index contributed by atoms with van der Waals surface area (Å²) < 4.78 is 46.4. The van der Waals surface area contributed by atoms with E-state index in [1.54, 1.807) is 37.2 Å². The van der Waals surface area contributed by atoms with E-state index in [1.165, 1.54) is 4.57 Å². The molecule has 4 amide bonds. The highest BCUT2D eigenvalue weighted by atomic mass is 19.4. The Bertz CT molecular complexity index is 2290. The van der Waals surface area contributed by atoms with E-state index in [0.717, 1.165) is 67.4 Å². The van der Waals surface area contributed by atoms with Crippen LogP contribution in [0.5, 0.6) is 0 Å². The fraction of sp³-hybridized carbons (Fsp3) is 0.500. The minimum absolute atomic E-state index is 0.0390. The second-order valence-electron chi connectivity index (χ2n) is 16.1. The molecule has 3 aliphatic heterocycles. The number of hydrogen-bond acceptors (Lipinski definition) is 8. The SMILES string of the molecule is Cc1cc(-c2ccc3nc(C4CCN(C(=O)CCCCCCCCNc5cccc6c5CN(C5CCC(=O)NC5=O)C6=O)CC4)n(CCOC(F)(F)F)c3c2)cn(C)c1=O. The third kappa shape index (κ3) is 9.75. The molecule has 2 aromatic heterocycles. The number of imidazole rings is 1. The topological polar surface area (TPSA) is 148 Å². The van der Waals surface area contributed by atoms with Crippen molar-refractivity contribution in [3.8, 4) is 11.1 Å². The maximum Gasteiger partial charge on any atom is 0.522 e. The van der Waals surface area contributed by atoms with E-state index in [9.17, 15) is 37.1 Å². The van der Waals surface area contributed by atoms with Gasteiger partial charge in [0.2, 0.25) is 17.7 Å². The van der Waals surface area contributed by atoms with Crippen LogP contribution in [0.2, 0.25) is 0 Å². The molecular weight excluding hydrogens is 780 g/mol. The summed E-state index contributed by atoms with van der Waals surface area (Å²) >= 11 is 0. The largest absolute Gasteiger partial charge is 0.522 e. The highest BCUT2D eigenvalue weighted by Crippen LogP contribution is 2.34. The van der Waals surface area contributed by atoms with Crippen molar-refractivity contribution in [3.63, 3.8) is 0 Å². The zero-order valence-electron chi connectivity index (χ0n) is 34.1. The van der Waals surface area contributed by atoms with Crippen LogP contribution in [-0.4, -0.2) is 86.2 Å². The highest BCUT2D eigenvalue weighted by molar-refractivity contribution is 6.06. The summed E-state index contributed by atoms with van der Waals surface area (Å²) in [6.07, 6.45) is 5.08. The number of aromatic nitrogens is 3. The van der Waals surface area contributed by atoms with Crippen LogP contribution >= 0.6 is 0 Å². The molecule has 320 valence electrons. The van der Waals surface area contributed by atoms with Crippen LogP contribution in [-0.2, 0) is 39.3 Å². The Kier molecular flexibility index (Phi) is 13.1. The lowest BCUT2D eigenvalue weighted by Crippen LogP contribution is -2.52. The van der Waals surface area contributed by atoms with Crippen LogP contribution in [0.4, 0.5) is 18.9 Å². The van der Waals surface area contributed by atoms with Crippen molar-refractivity contribution >= 4 is 40.3 Å². The number of unbranched alkanes of at least 4 members (excludes halogenated alkanes) is 5. The number of halogens is 3. The molecule has 60 heavy (non-hydrogen) atoms. The second-order valence-corrected chi connectivity index (χ2v) is 16.1. The number of benzene rings is 2. The number of anilines is 1. The molecule has 0 bridgehead atoms. The molecule has 4 aromatic rings. The summed E-state index contributed by atoms with van der Waals surface area (Å²) in [6, 6.07) is 12.4. The number of nitrogens with one attached hydrogen (secondary N) is 2. The van der Waals surface area contributed by atoms with E-state index >= 15 is 0 Å². The van der Waals surface area contributed by atoms with Crippen LogP contribution in [0.25, 0.3) is 22.2 Å². The van der Waals surface area contributed by atoms with Crippen LogP contribution in [0, 0.1) is 6.92 Å². The number of imide groups is 1. The fourth-order valence-corrected chi connectivity index (χ4v) is 8.78. The van der Waals surface area contributed by atoms with Gasteiger partial charge in [0.25, 0.3) is 11.5 Å². The molecule has 3 aliphatic rings. The first-order valence-corrected chi connectivity index (χ1v) is 20.9. The molecule has 5 heterocycles. The number of amides is 4. The number of hydrogen-bond donors (Lipinski definition) is 2. The molecule has 2 saturated heterocycles. The van der Waals surface area contributed by atoms with E-state index < -0.39 is 24.9 Å². The number of ether oxygens (including phenoxy) is 1. The lowest BCUT2D eigenvalue weighted by molar-refractivity contribution is -0.325. The first kappa shape index (κ1) is 42.6. The summed E-state index contributed by atoms with van der Waals surface area (Å²) in [5, 5.41) is 5.81. The van der Waals surface area contributed by atoms with Crippen LogP contribution in [0.1, 0.15) is 104 Å². The second kappa shape index (κ2) is 18.4. The standard InChI is InChI=1S/C44H52F3N7O6/c1-28-24-31(26-51(2)42(28)58)30-13-14-35-37(25-30)53(22-23-60-44(45,46)47)40(49-35)29-17-20-52(21-18-29)39(56)12-7-5-3-4-6-8-19-48-34-11-9-10-32-33(34)27-54(43(32)59)36-15-16-38(55)50-41(36)57/h9-11,13-14,24-26,29,36,48H,3-8,12,15-23,27H2,1-2H3,(H,50,55,57). The Morgan fingerprint density at radius 1 is 0.950 bits per heavy atom. The van der Waals surface area contributed by atoms with Crippen molar-refractivity contribution in [2.45, 2.75) is 109 Å². The van der Waals surface area contributed by atoms with Crippen molar-refractivity contribution in [2.75, 3.05) is 31.6 Å². The van der Waals surface area contributed by atoms with Gasteiger partial charge in [-0.2, -0.15) is 0 Å². The van der Waals surface area contributed by atoms with E-state index in [1.807, 2.05) is 39.8 Å². The molecule has 1 unspecified atom stereocenters. The molecule has 2 aromatic carbocycles. The predicted octanol–water partition coefficient (Wildman–Crippen LogP) is 6.56. The van der Waals surface area contributed by atoms with Gasteiger partial charge in [-0.15, -0.1) is 13.2 Å². The van der Waals surface area contributed by atoms with Gasteiger partial charge >= 0.3 is 6.36 Å². The summed E-state index contributed by atoms with van der Waals surface area (Å²) in [5.41, 5.74) is 5.81. The van der Waals surface area contributed by atoms with Gasteiger partial charge in [0.05, 0.1) is 17.6 Å². The lowest BCUT2D eigenvalue weighted by Gasteiger charge is -2.32. The summed E-state index contributed by atoms with van der Waals surface area (Å²) in [7, 11) is 1.68. The lowest BCUT2D eigenvalue weighted by atomic mass is 9.95. The molecule has 0 aliphatic carbocycles. The number of pyridine rings is 1. The maximum atomic E-state index is 13.2. The van der Waals surface area contributed by atoms with Gasteiger partial charge in [-0.1, -0.05) is 37.8 Å². The first-order chi connectivity index (χ1) is 28.8. The summed E-state index contributed by atoms with van der Waals surface area (Å²) in [6.45, 7) is 3.31. The predicted molar refractivity (Wildman–Crippen MR) is 219 cm³/mol. The highest BCUT2D eigenvalue weighted by Gasteiger charge is 2.40. The van der Waals surface area contributed by atoms with Crippen molar-refractivity contribution < 1.29 is 37.1 Å². The van der Waals surface area contributed by atoms with E-state index in [0.29, 0.717) is 73.3 Å². The molecule has 0 spiro atoms. The Hall–Kier alpha value is -5.51. The molecule has 16 heteroatoms. The normalized spacial score (nSPS) is 17.4. The Morgan fingerprint density at radius 2 is 1.70 bits per heavy atom. The fourth-order valence-electron chi connectivity index (χ4n) is 8.78. The number of likely N-dealkylation sites (tertiary alicyclic amines) is 1. The zero-order chi connectivity index (χ0) is 42.6. The molecule has 2 N–H and O–H groups in total. The number of carbonyl (C=O) groups excluding carboxylic acids is 4. The van der Waals surface area contributed by atoms with E-state index in [2.05, 4.69) is 15.4 Å². The number of aryl methyl sites for hydroxylation is 2. The number of fused-ring (bicyclic) bond motifs is 2. The monoisotopic (exact) mass is 831 g/mol. The maximum absolute atomic E-state index is 13.2.